The molecule has 0 fully saturated rings. The third kappa shape index (κ3) is 4.57. The van der Waals surface area contributed by atoms with Crippen LogP contribution in [0.2, 0.25) is 5.02 Å². The first kappa shape index (κ1) is 16.5. The fourth-order valence-electron chi connectivity index (χ4n) is 2.35. The standard InChI is InChI=1S/C18H21ClN2O/c1-14(16-10-12-20-13-11-16)21(2)18(22)5-3-4-15-6-8-17(19)9-7-15/h6-14H,3-5H2,1-2H3. The number of hydrogen-bond donors (Lipinski definition) is 0. The van der Waals surface area contributed by atoms with Crippen LogP contribution in [-0.2, 0) is 11.2 Å². The lowest BCUT2D eigenvalue weighted by Gasteiger charge is -2.25. The molecule has 3 nitrogen and oxygen atoms in total. The monoisotopic (exact) mass is 316 g/mol. The zero-order valence-electron chi connectivity index (χ0n) is 13.0. The summed E-state index contributed by atoms with van der Waals surface area (Å²) in [6.07, 6.45) is 5.79. The Bertz CT molecular complexity index is 598. The number of aromatic nitrogens is 1. The maximum Gasteiger partial charge on any atom is 0.222 e. The minimum atomic E-state index is 0.0611. The summed E-state index contributed by atoms with van der Waals surface area (Å²) in [5.41, 5.74) is 2.31. The second-order valence-corrected chi connectivity index (χ2v) is 5.88. The van der Waals surface area contributed by atoms with Gasteiger partial charge >= 0.3 is 0 Å². The minimum absolute atomic E-state index is 0.0611. The van der Waals surface area contributed by atoms with Crippen LogP contribution in [0.1, 0.15) is 36.9 Å². The fraction of sp³-hybridized carbons (Fsp3) is 0.333. The first-order valence-electron chi connectivity index (χ1n) is 7.48. The van der Waals surface area contributed by atoms with Gasteiger partial charge in [-0.2, -0.15) is 0 Å². The summed E-state index contributed by atoms with van der Waals surface area (Å²) in [5, 5.41) is 0.741. The van der Waals surface area contributed by atoms with Crippen molar-refractivity contribution in [2.24, 2.45) is 0 Å². The van der Waals surface area contributed by atoms with Crippen LogP contribution in [0.3, 0.4) is 0 Å². The van der Waals surface area contributed by atoms with Gasteiger partial charge < -0.3 is 4.90 Å². The lowest BCUT2D eigenvalue weighted by atomic mass is 10.1. The third-order valence-corrected chi connectivity index (χ3v) is 4.18. The van der Waals surface area contributed by atoms with Crippen LogP contribution in [0.15, 0.2) is 48.8 Å². The van der Waals surface area contributed by atoms with Gasteiger partial charge in [0.1, 0.15) is 0 Å². The highest BCUT2D eigenvalue weighted by Gasteiger charge is 2.16. The molecule has 1 amide bonds. The van der Waals surface area contributed by atoms with Gasteiger partial charge in [-0.3, -0.25) is 9.78 Å². The van der Waals surface area contributed by atoms with E-state index in [0.29, 0.717) is 6.42 Å². The number of nitrogens with zero attached hydrogens (tertiary/aromatic N) is 2. The van der Waals surface area contributed by atoms with Gasteiger partial charge in [0.15, 0.2) is 0 Å². The molecule has 2 rings (SSSR count). The zero-order chi connectivity index (χ0) is 15.9. The molecule has 116 valence electrons. The summed E-state index contributed by atoms with van der Waals surface area (Å²) in [6, 6.07) is 11.7. The number of rotatable bonds is 6. The van der Waals surface area contributed by atoms with Crippen molar-refractivity contribution in [3.63, 3.8) is 0 Å². The molecule has 0 saturated carbocycles. The molecule has 0 bridgehead atoms. The number of benzene rings is 1. The van der Waals surface area contributed by atoms with Crippen molar-refractivity contribution in [2.75, 3.05) is 7.05 Å². The van der Waals surface area contributed by atoms with Gasteiger partial charge in [0.2, 0.25) is 5.91 Å². The lowest BCUT2D eigenvalue weighted by Crippen LogP contribution is -2.29. The second kappa shape index (κ2) is 7.95. The molecule has 1 aromatic carbocycles. The topological polar surface area (TPSA) is 33.2 Å². The Kier molecular flexibility index (Phi) is 5.96. The van der Waals surface area contributed by atoms with Crippen molar-refractivity contribution in [3.8, 4) is 0 Å². The smallest absolute Gasteiger partial charge is 0.222 e. The largest absolute Gasteiger partial charge is 0.339 e. The molecule has 0 aliphatic rings. The summed E-state index contributed by atoms with van der Waals surface area (Å²) in [7, 11) is 1.86. The van der Waals surface area contributed by atoms with Crippen molar-refractivity contribution >= 4 is 17.5 Å². The maximum absolute atomic E-state index is 12.3. The molecular weight excluding hydrogens is 296 g/mol. The van der Waals surface area contributed by atoms with Crippen LogP contribution in [0.4, 0.5) is 0 Å². The molecule has 1 heterocycles. The van der Waals surface area contributed by atoms with Gasteiger partial charge in [-0.1, -0.05) is 23.7 Å². The number of amides is 1. The van der Waals surface area contributed by atoms with Gasteiger partial charge in [-0.15, -0.1) is 0 Å². The van der Waals surface area contributed by atoms with E-state index in [9.17, 15) is 4.79 Å². The summed E-state index contributed by atoms with van der Waals surface area (Å²) in [6.45, 7) is 2.03. The number of aryl methyl sites for hydroxylation is 1. The van der Waals surface area contributed by atoms with Crippen LogP contribution in [-0.4, -0.2) is 22.8 Å². The van der Waals surface area contributed by atoms with E-state index < -0.39 is 0 Å². The zero-order valence-corrected chi connectivity index (χ0v) is 13.8. The van der Waals surface area contributed by atoms with Crippen LogP contribution in [0, 0.1) is 0 Å². The number of halogens is 1. The maximum atomic E-state index is 12.3. The summed E-state index contributed by atoms with van der Waals surface area (Å²) < 4.78 is 0. The minimum Gasteiger partial charge on any atom is -0.339 e. The normalized spacial score (nSPS) is 12.0. The quantitative estimate of drug-likeness (QED) is 0.797. The Morgan fingerprint density at radius 3 is 2.45 bits per heavy atom. The molecule has 0 saturated heterocycles. The summed E-state index contributed by atoms with van der Waals surface area (Å²) in [4.78, 5) is 18.1. The first-order valence-corrected chi connectivity index (χ1v) is 7.86. The van der Waals surface area contributed by atoms with Gasteiger partial charge in [-0.25, -0.2) is 0 Å². The van der Waals surface area contributed by atoms with Crippen molar-refractivity contribution in [2.45, 2.75) is 32.2 Å². The van der Waals surface area contributed by atoms with Crippen LogP contribution in [0.25, 0.3) is 0 Å². The predicted molar refractivity (Wildman–Crippen MR) is 89.8 cm³/mol. The van der Waals surface area contributed by atoms with E-state index in [4.69, 9.17) is 11.6 Å². The number of carbonyl (C=O) groups excluding carboxylic acids is 1. The average molecular weight is 317 g/mol. The van der Waals surface area contributed by atoms with E-state index in [1.165, 1.54) is 5.56 Å². The highest BCUT2D eigenvalue weighted by atomic mass is 35.5. The average Bonchev–Trinajstić information content (AvgIpc) is 2.56. The molecule has 1 unspecified atom stereocenters. The molecule has 0 spiro atoms. The van der Waals surface area contributed by atoms with E-state index in [1.54, 1.807) is 17.3 Å². The van der Waals surface area contributed by atoms with Gasteiger partial charge in [0.05, 0.1) is 6.04 Å². The van der Waals surface area contributed by atoms with E-state index in [2.05, 4.69) is 4.98 Å². The molecule has 2 aromatic rings. The molecule has 22 heavy (non-hydrogen) atoms. The first-order chi connectivity index (χ1) is 10.6. The van der Waals surface area contributed by atoms with Crippen LogP contribution >= 0.6 is 11.6 Å². The van der Waals surface area contributed by atoms with E-state index in [0.717, 1.165) is 23.4 Å². The van der Waals surface area contributed by atoms with Crippen LogP contribution in [0.5, 0.6) is 0 Å². The Labute approximate surface area is 136 Å². The molecule has 0 radical (unpaired) electrons. The fourth-order valence-corrected chi connectivity index (χ4v) is 2.48. The molecule has 0 aliphatic carbocycles. The Morgan fingerprint density at radius 1 is 1.18 bits per heavy atom. The molecule has 1 aromatic heterocycles. The predicted octanol–water partition coefficient (Wildman–Crippen LogP) is 4.28. The van der Waals surface area contributed by atoms with Gasteiger partial charge in [-0.05, 0) is 55.2 Å². The van der Waals surface area contributed by atoms with E-state index in [-0.39, 0.29) is 11.9 Å². The number of hydrogen-bond acceptors (Lipinski definition) is 2. The third-order valence-electron chi connectivity index (χ3n) is 3.93. The number of pyridine rings is 1. The molecule has 4 heteroatoms. The van der Waals surface area contributed by atoms with Crippen molar-refractivity contribution < 1.29 is 4.79 Å². The SMILES string of the molecule is CC(c1ccncc1)N(C)C(=O)CCCc1ccc(Cl)cc1. The molecule has 0 aliphatic heterocycles. The van der Waals surface area contributed by atoms with E-state index in [1.807, 2.05) is 50.4 Å². The molecule has 0 N–H and O–H groups in total. The highest BCUT2D eigenvalue weighted by molar-refractivity contribution is 6.30. The van der Waals surface area contributed by atoms with Gasteiger partial charge in [0, 0.05) is 30.9 Å². The second-order valence-electron chi connectivity index (χ2n) is 5.44. The molecule has 1 atom stereocenters. The lowest BCUT2D eigenvalue weighted by molar-refractivity contribution is -0.131. The summed E-state index contributed by atoms with van der Waals surface area (Å²) >= 11 is 5.87. The van der Waals surface area contributed by atoms with Crippen molar-refractivity contribution in [3.05, 3.63) is 64.9 Å². The molecular formula is C18H21ClN2O. The van der Waals surface area contributed by atoms with Crippen molar-refractivity contribution in [1.82, 2.24) is 9.88 Å². The summed E-state index contributed by atoms with van der Waals surface area (Å²) in [5.74, 6) is 0.165. The van der Waals surface area contributed by atoms with Crippen molar-refractivity contribution in [1.29, 1.82) is 0 Å². The Morgan fingerprint density at radius 2 is 1.82 bits per heavy atom. The Hall–Kier alpha value is -1.87. The van der Waals surface area contributed by atoms with Crippen LogP contribution < -0.4 is 0 Å². The van der Waals surface area contributed by atoms with E-state index >= 15 is 0 Å². The highest BCUT2D eigenvalue weighted by Crippen LogP contribution is 2.19. The Balaban J connectivity index is 1.82. The number of carbonyl (C=O) groups is 1. The van der Waals surface area contributed by atoms with Gasteiger partial charge in [0.25, 0.3) is 0 Å².